The average molecular weight is 892 g/mol. The summed E-state index contributed by atoms with van der Waals surface area (Å²) in [6.45, 7) is 9.73. The number of aliphatic carboxylic acids is 1. The molecule has 3 aromatic rings. The van der Waals surface area contributed by atoms with Gasteiger partial charge in [-0.05, 0) is 114 Å². The van der Waals surface area contributed by atoms with Gasteiger partial charge in [-0.25, -0.2) is 14.2 Å². The number of nitrogens with zero attached hydrogens (tertiary/aromatic N) is 3. The number of hydrogen-bond donors (Lipinski definition) is 5. The number of benzene rings is 2. The number of nitrogens with two attached hydrogens (primary N) is 1. The third-order valence-corrected chi connectivity index (χ3v) is 10.3. The van der Waals surface area contributed by atoms with E-state index in [1.807, 2.05) is 20.8 Å². The van der Waals surface area contributed by atoms with Gasteiger partial charge in [-0.15, -0.1) is 0 Å². The highest BCUT2D eigenvalue weighted by atomic mass is 19.1. The van der Waals surface area contributed by atoms with E-state index in [-0.39, 0.29) is 30.2 Å². The minimum absolute atomic E-state index is 0.0398. The largest absolute Gasteiger partial charge is 0.494 e. The molecule has 1 saturated heterocycles. The molecule has 350 valence electrons. The lowest BCUT2D eigenvalue weighted by Gasteiger charge is -2.42. The second-order valence-corrected chi connectivity index (χ2v) is 16.6. The van der Waals surface area contributed by atoms with Crippen molar-refractivity contribution >= 4 is 35.3 Å². The molecule has 1 aliphatic heterocycles. The maximum atomic E-state index is 14.9. The number of halogens is 1. The number of anilines is 1. The fourth-order valence-electron chi connectivity index (χ4n) is 6.76. The molecular formula is C47H66FN7O9. The van der Waals surface area contributed by atoms with Crippen LogP contribution in [-0.4, -0.2) is 115 Å². The topological polar surface area (TPSA) is 220 Å². The molecule has 2 amide bonds. The highest BCUT2D eigenvalue weighted by Crippen LogP contribution is 2.30. The monoisotopic (exact) mass is 891 g/mol. The summed E-state index contributed by atoms with van der Waals surface area (Å²) in [6, 6.07) is 14.7. The number of amidine groups is 2. The number of rotatable bonds is 27. The van der Waals surface area contributed by atoms with Crippen LogP contribution in [0.5, 0.6) is 5.75 Å². The minimum atomic E-state index is -0.965. The molecule has 0 aliphatic carbocycles. The maximum absolute atomic E-state index is 14.9. The Morgan fingerprint density at radius 1 is 0.844 bits per heavy atom. The van der Waals surface area contributed by atoms with Crippen LogP contribution >= 0.6 is 0 Å². The van der Waals surface area contributed by atoms with Crippen LogP contribution in [0.25, 0.3) is 0 Å². The molecule has 0 radical (unpaired) electrons. The van der Waals surface area contributed by atoms with Crippen molar-refractivity contribution in [3.05, 3.63) is 89.5 Å². The number of carboxylic acid groups (broad SMARTS) is 1. The molecular weight excluding hydrogens is 826 g/mol. The molecule has 17 heteroatoms. The Bertz CT molecular complexity index is 1950. The summed E-state index contributed by atoms with van der Waals surface area (Å²) >= 11 is 0. The molecule has 6 N–H and O–H groups in total. The summed E-state index contributed by atoms with van der Waals surface area (Å²) in [7, 11) is 0. The summed E-state index contributed by atoms with van der Waals surface area (Å²) in [5.74, 6) is -1.00. The van der Waals surface area contributed by atoms with Crippen LogP contribution < -0.4 is 21.1 Å². The number of likely N-dealkylation sites (tertiary alicyclic amines) is 1. The fourth-order valence-corrected chi connectivity index (χ4v) is 6.76. The first-order valence-electron chi connectivity index (χ1n) is 22.1. The lowest BCUT2D eigenvalue weighted by atomic mass is 9.85. The standard InChI is InChI=1S/C47H66FN7O9/c1-46(2,3)64-45(59)55-23-19-47(20-24-55,44(50)53-42(49)35-17-21-51-22-18-35)54-38-13-11-12-36(32-38)43(58)52-34-37-33-39(15-16-40(37)48)63-27-10-5-4-8-25-60-28-30-62-31-29-61-26-9-6-7-14-41(56)57/h11-13,15-18,21-22,32-33,54H,4-10,14,19-20,23-31,34H2,1-3H3,(H,52,58)(H,56,57)(H3,49,50,53). The molecule has 0 unspecified atom stereocenters. The third kappa shape index (κ3) is 18.6. The first kappa shape index (κ1) is 51.0. The quantitative estimate of drug-likeness (QED) is 0.0288. The van der Waals surface area contributed by atoms with Crippen LogP contribution in [0.4, 0.5) is 14.9 Å². The summed E-state index contributed by atoms with van der Waals surface area (Å²) in [5, 5.41) is 23.5. The van der Waals surface area contributed by atoms with Crippen molar-refractivity contribution in [3.8, 4) is 5.75 Å². The first-order chi connectivity index (χ1) is 30.7. The molecule has 0 spiro atoms. The number of nitrogens with one attached hydrogen (secondary N) is 3. The number of carbonyl (C=O) groups excluding carboxylic acids is 2. The highest BCUT2D eigenvalue weighted by Gasteiger charge is 2.41. The molecule has 0 atom stereocenters. The van der Waals surface area contributed by atoms with Gasteiger partial charge in [0.05, 0.1) is 38.6 Å². The zero-order chi connectivity index (χ0) is 46.2. The Labute approximate surface area is 375 Å². The maximum Gasteiger partial charge on any atom is 0.410 e. The number of amides is 2. The summed E-state index contributed by atoms with van der Waals surface area (Å²) in [6.07, 6.45) is 9.65. The summed E-state index contributed by atoms with van der Waals surface area (Å²) in [4.78, 5) is 46.9. The zero-order valence-corrected chi connectivity index (χ0v) is 37.5. The highest BCUT2D eigenvalue weighted by molar-refractivity contribution is 6.07. The Morgan fingerprint density at radius 3 is 2.11 bits per heavy atom. The van der Waals surface area contributed by atoms with Gasteiger partial charge in [-0.2, -0.15) is 0 Å². The van der Waals surface area contributed by atoms with E-state index >= 15 is 0 Å². The SMILES string of the molecule is CC(C)(C)OC(=O)N1CCC(Nc2cccc(C(=O)NCc3cc(OCCCCCCOCCOCCOCCCCCC(=O)O)ccc3F)c2)(C(N)=NC(=N)c2ccncc2)CC1. The molecule has 64 heavy (non-hydrogen) atoms. The van der Waals surface area contributed by atoms with Gasteiger partial charge in [0.25, 0.3) is 5.91 Å². The third-order valence-electron chi connectivity index (χ3n) is 10.3. The van der Waals surface area contributed by atoms with Crippen molar-refractivity contribution < 1.29 is 47.6 Å². The number of hydrogen-bond acceptors (Lipinski definition) is 11. The van der Waals surface area contributed by atoms with Crippen molar-refractivity contribution in [3.63, 3.8) is 0 Å². The van der Waals surface area contributed by atoms with Crippen LogP contribution in [0.15, 0.2) is 72.0 Å². The number of carbonyl (C=O) groups is 3. The lowest BCUT2D eigenvalue weighted by molar-refractivity contribution is -0.137. The molecule has 1 aliphatic rings. The van der Waals surface area contributed by atoms with Gasteiger partial charge in [0.1, 0.15) is 23.0 Å². The predicted molar refractivity (Wildman–Crippen MR) is 243 cm³/mol. The molecule has 16 nitrogen and oxygen atoms in total. The Kier molecular flexibility index (Phi) is 21.4. The van der Waals surface area contributed by atoms with Crippen LogP contribution in [0.3, 0.4) is 0 Å². The van der Waals surface area contributed by atoms with E-state index in [1.165, 1.54) is 6.07 Å². The van der Waals surface area contributed by atoms with E-state index in [1.54, 1.807) is 65.8 Å². The number of pyridine rings is 1. The molecule has 0 bridgehead atoms. The van der Waals surface area contributed by atoms with Crippen molar-refractivity contribution in [1.82, 2.24) is 15.2 Å². The predicted octanol–water partition coefficient (Wildman–Crippen LogP) is 7.35. The Morgan fingerprint density at radius 2 is 1.47 bits per heavy atom. The van der Waals surface area contributed by atoms with Crippen molar-refractivity contribution in [1.29, 1.82) is 5.41 Å². The van der Waals surface area contributed by atoms with E-state index in [2.05, 4.69) is 20.6 Å². The van der Waals surface area contributed by atoms with Crippen molar-refractivity contribution in [2.45, 2.75) is 103 Å². The Balaban J connectivity index is 1.19. The van der Waals surface area contributed by atoms with E-state index in [0.29, 0.717) is 101 Å². The van der Waals surface area contributed by atoms with Crippen molar-refractivity contribution in [2.24, 2.45) is 10.7 Å². The number of carboxylic acids is 1. The van der Waals surface area contributed by atoms with Crippen LogP contribution in [0.2, 0.25) is 0 Å². The van der Waals surface area contributed by atoms with Crippen LogP contribution in [-0.2, 0) is 30.3 Å². The normalized spacial score (nSPS) is 13.9. The molecule has 1 aromatic heterocycles. The molecule has 0 saturated carbocycles. The molecule has 4 rings (SSSR count). The van der Waals surface area contributed by atoms with Gasteiger partial charge in [-0.1, -0.05) is 18.9 Å². The Hall–Kier alpha value is -5.65. The molecule has 2 heterocycles. The number of aliphatic imine (C=N–C) groups is 1. The van der Waals surface area contributed by atoms with Crippen LogP contribution in [0.1, 0.15) is 106 Å². The van der Waals surface area contributed by atoms with Gasteiger partial charge in [0.2, 0.25) is 0 Å². The summed E-state index contributed by atoms with van der Waals surface area (Å²) in [5.41, 5.74) is 6.80. The zero-order valence-electron chi connectivity index (χ0n) is 37.5. The number of unbranched alkanes of at least 4 members (excludes halogenated alkanes) is 5. The minimum Gasteiger partial charge on any atom is -0.494 e. The van der Waals surface area contributed by atoms with Gasteiger partial charge >= 0.3 is 12.1 Å². The fraction of sp³-hybridized carbons (Fsp3) is 0.532. The van der Waals surface area contributed by atoms with E-state index in [0.717, 1.165) is 38.5 Å². The van der Waals surface area contributed by atoms with Crippen LogP contribution in [0, 0.1) is 11.2 Å². The van der Waals surface area contributed by atoms with E-state index < -0.39 is 34.9 Å². The molecule has 2 aromatic carbocycles. The van der Waals surface area contributed by atoms with Gasteiger partial charge in [-0.3, -0.25) is 20.0 Å². The summed E-state index contributed by atoms with van der Waals surface area (Å²) < 4.78 is 43.0. The lowest BCUT2D eigenvalue weighted by Crippen LogP contribution is -2.58. The van der Waals surface area contributed by atoms with Gasteiger partial charge < -0.3 is 50.1 Å². The van der Waals surface area contributed by atoms with E-state index in [9.17, 15) is 18.8 Å². The van der Waals surface area contributed by atoms with Gasteiger partial charge in [0.15, 0.2) is 5.84 Å². The second kappa shape index (κ2) is 26.9. The second-order valence-electron chi connectivity index (χ2n) is 16.6. The van der Waals surface area contributed by atoms with E-state index in [4.69, 9.17) is 39.9 Å². The molecule has 1 fully saturated rings. The first-order valence-corrected chi connectivity index (χ1v) is 22.1. The van der Waals surface area contributed by atoms with Gasteiger partial charge in [0, 0.05) is 74.0 Å². The number of aromatic nitrogens is 1. The number of piperidine rings is 1. The van der Waals surface area contributed by atoms with Crippen molar-refractivity contribution in [2.75, 3.05) is 64.7 Å². The average Bonchev–Trinajstić information content (AvgIpc) is 3.27. The number of ether oxygens (including phenoxy) is 5. The smallest absolute Gasteiger partial charge is 0.410 e.